The van der Waals surface area contributed by atoms with Crippen LogP contribution in [0.5, 0.6) is 0 Å². The highest BCUT2D eigenvalue weighted by Gasteiger charge is 2.22. The molecule has 106 valence electrons. The van der Waals surface area contributed by atoms with Crippen LogP contribution in [0.4, 0.5) is 14.5 Å². The summed E-state index contributed by atoms with van der Waals surface area (Å²) < 4.78 is 52.7. The zero-order valence-corrected chi connectivity index (χ0v) is 12.7. The number of hydrogen-bond acceptors (Lipinski definition) is 3. The van der Waals surface area contributed by atoms with Gasteiger partial charge in [-0.25, -0.2) is 22.2 Å². The molecule has 0 radical (unpaired) electrons. The van der Waals surface area contributed by atoms with Crippen molar-refractivity contribution in [1.82, 2.24) is 4.98 Å². The van der Waals surface area contributed by atoms with Crippen molar-refractivity contribution in [3.63, 3.8) is 0 Å². The SMILES string of the molecule is O=S(=O)(Nc1c(F)cc(F)cc1Br)c1cccnc1Cl. The lowest BCUT2D eigenvalue weighted by molar-refractivity contribution is 0.581. The third-order valence-electron chi connectivity index (χ3n) is 2.26. The molecule has 0 amide bonds. The Morgan fingerprint density at radius 2 is 2.00 bits per heavy atom. The minimum absolute atomic E-state index is 0.0708. The molecule has 20 heavy (non-hydrogen) atoms. The van der Waals surface area contributed by atoms with Crippen LogP contribution in [0.2, 0.25) is 5.15 Å². The van der Waals surface area contributed by atoms with Gasteiger partial charge in [0, 0.05) is 16.7 Å². The maximum Gasteiger partial charge on any atom is 0.265 e. The largest absolute Gasteiger partial charge is 0.275 e. The van der Waals surface area contributed by atoms with E-state index >= 15 is 0 Å². The number of benzene rings is 1. The van der Waals surface area contributed by atoms with E-state index < -0.39 is 27.3 Å². The van der Waals surface area contributed by atoms with Crippen LogP contribution in [0, 0.1) is 11.6 Å². The van der Waals surface area contributed by atoms with Crippen molar-refractivity contribution < 1.29 is 17.2 Å². The molecule has 1 heterocycles. The monoisotopic (exact) mass is 382 g/mol. The predicted molar refractivity (Wildman–Crippen MR) is 74.1 cm³/mol. The molecule has 0 aliphatic heterocycles. The minimum atomic E-state index is -4.14. The maximum atomic E-state index is 13.6. The van der Waals surface area contributed by atoms with Crippen LogP contribution in [0.15, 0.2) is 39.8 Å². The lowest BCUT2D eigenvalue weighted by atomic mass is 10.3. The molecule has 0 saturated heterocycles. The molecule has 0 fully saturated rings. The highest BCUT2D eigenvalue weighted by Crippen LogP contribution is 2.30. The fourth-order valence-electron chi connectivity index (χ4n) is 1.40. The van der Waals surface area contributed by atoms with Crippen LogP contribution in [-0.4, -0.2) is 13.4 Å². The zero-order chi connectivity index (χ0) is 14.9. The molecule has 0 aliphatic rings. The van der Waals surface area contributed by atoms with Crippen LogP contribution in [0.25, 0.3) is 0 Å². The van der Waals surface area contributed by atoms with Gasteiger partial charge < -0.3 is 0 Å². The average molecular weight is 384 g/mol. The Morgan fingerprint density at radius 1 is 1.30 bits per heavy atom. The Bertz CT molecular complexity index is 748. The number of nitrogens with one attached hydrogen (secondary N) is 1. The summed E-state index contributed by atoms with van der Waals surface area (Å²) in [5.74, 6) is -1.89. The molecule has 0 unspecified atom stereocenters. The Labute approximate surface area is 127 Å². The Hall–Kier alpha value is -1.25. The van der Waals surface area contributed by atoms with Gasteiger partial charge in [0.2, 0.25) is 0 Å². The standard InChI is InChI=1S/C11H6BrClF2N2O2S/c12-7-4-6(14)5-8(15)10(7)17-20(18,19)9-2-1-3-16-11(9)13/h1-5,17H. The van der Waals surface area contributed by atoms with E-state index in [9.17, 15) is 17.2 Å². The van der Waals surface area contributed by atoms with Crippen LogP contribution in [0.1, 0.15) is 0 Å². The molecule has 2 aromatic rings. The molecule has 0 atom stereocenters. The lowest BCUT2D eigenvalue weighted by Crippen LogP contribution is -2.15. The second-order valence-corrected chi connectivity index (χ2v) is 6.51. The van der Waals surface area contributed by atoms with Crippen LogP contribution >= 0.6 is 27.5 Å². The summed E-state index contributed by atoms with van der Waals surface area (Å²) in [6.07, 6.45) is 1.32. The van der Waals surface area contributed by atoms with Gasteiger partial charge in [0.15, 0.2) is 5.82 Å². The normalized spacial score (nSPS) is 11.4. The van der Waals surface area contributed by atoms with Gasteiger partial charge in [-0.3, -0.25) is 4.72 Å². The predicted octanol–water partition coefficient (Wildman–Crippen LogP) is 3.58. The van der Waals surface area contributed by atoms with Gasteiger partial charge in [-0.15, -0.1) is 0 Å². The molecule has 1 N–H and O–H groups in total. The van der Waals surface area contributed by atoms with Gasteiger partial charge in [-0.05, 0) is 34.1 Å². The molecular weight excluding hydrogens is 378 g/mol. The fourth-order valence-corrected chi connectivity index (χ4v) is 3.58. The minimum Gasteiger partial charge on any atom is -0.275 e. The maximum absolute atomic E-state index is 13.6. The van der Waals surface area contributed by atoms with Gasteiger partial charge in [-0.2, -0.15) is 0 Å². The topological polar surface area (TPSA) is 59.1 Å². The summed E-state index contributed by atoms with van der Waals surface area (Å²) in [5.41, 5.74) is -0.411. The van der Waals surface area contributed by atoms with Crippen molar-refractivity contribution in [3.8, 4) is 0 Å². The van der Waals surface area contributed by atoms with E-state index in [-0.39, 0.29) is 14.5 Å². The number of sulfonamides is 1. The molecule has 0 spiro atoms. The summed E-state index contributed by atoms with van der Waals surface area (Å²) in [6.45, 7) is 0. The molecule has 2 rings (SSSR count). The van der Waals surface area contributed by atoms with E-state index in [1.54, 1.807) is 0 Å². The number of rotatable bonds is 3. The highest BCUT2D eigenvalue weighted by atomic mass is 79.9. The van der Waals surface area contributed by atoms with Crippen molar-refractivity contribution in [3.05, 3.63) is 51.7 Å². The average Bonchev–Trinajstić information content (AvgIpc) is 2.34. The van der Waals surface area contributed by atoms with Gasteiger partial charge in [0.25, 0.3) is 10.0 Å². The molecule has 0 bridgehead atoms. The van der Waals surface area contributed by atoms with E-state index in [0.717, 1.165) is 6.07 Å². The van der Waals surface area contributed by atoms with Gasteiger partial charge in [-0.1, -0.05) is 11.6 Å². The summed E-state index contributed by atoms with van der Waals surface area (Å²) in [4.78, 5) is 3.32. The van der Waals surface area contributed by atoms with Gasteiger partial charge >= 0.3 is 0 Å². The van der Waals surface area contributed by atoms with E-state index in [4.69, 9.17) is 11.6 Å². The summed E-state index contributed by atoms with van der Waals surface area (Å²) >= 11 is 8.57. The van der Waals surface area contributed by atoms with E-state index in [1.807, 2.05) is 4.72 Å². The first kappa shape index (κ1) is 15.1. The number of pyridine rings is 1. The van der Waals surface area contributed by atoms with E-state index in [2.05, 4.69) is 20.9 Å². The highest BCUT2D eigenvalue weighted by molar-refractivity contribution is 9.10. The van der Waals surface area contributed by atoms with Crippen molar-refractivity contribution in [2.24, 2.45) is 0 Å². The summed E-state index contributed by atoms with van der Waals surface area (Å²) in [6, 6.07) is 4.09. The lowest BCUT2D eigenvalue weighted by Gasteiger charge is -2.11. The molecular formula is C11H6BrClF2N2O2S. The van der Waals surface area contributed by atoms with E-state index in [0.29, 0.717) is 6.07 Å². The molecule has 4 nitrogen and oxygen atoms in total. The molecule has 1 aromatic carbocycles. The smallest absolute Gasteiger partial charge is 0.265 e. The Morgan fingerprint density at radius 3 is 2.60 bits per heavy atom. The first-order chi connectivity index (χ1) is 9.31. The van der Waals surface area contributed by atoms with Crippen molar-refractivity contribution in [2.45, 2.75) is 4.90 Å². The zero-order valence-electron chi connectivity index (χ0n) is 9.57. The first-order valence-corrected chi connectivity index (χ1v) is 7.74. The first-order valence-electron chi connectivity index (χ1n) is 5.09. The quantitative estimate of drug-likeness (QED) is 0.824. The molecule has 1 aromatic heterocycles. The summed E-state index contributed by atoms with van der Waals surface area (Å²) in [7, 11) is -4.14. The van der Waals surface area contributed by atoms with Crippen LogP contribution in [0.3, 0.4) is 0 Å². The second-order valence-electron chi connectivity index (χ2n) is 3.64. The van der Waals surface area contributed by atoms with Crippen molar-refractivity contribution >= 4 is 43.2 Å². The number of anilines is 1. The second kappa shape index (κ2) is 5.63. The van der Waals surface area contributed by atoms with Crippen LogP contribution in [-0.2, 0) is 10.0 Å². The third kappa shape index (κ3) is 3.08. The van der Waals surface area contributed by atoms with Gasteiger partial charge in [0.1, 0.15) is 15.9 Å². The number of halogens is 4. The van der Waals surface area contributed by atoms with Crippen LogP contribution < -0.4 is 4.72 Å². The van der Waals surface area contributed by atoms with E-state index in [1.165, 1.54) is 18.3 Å². The number of hydrogen-bond donors (Lipinski definition) is 1. The Balaban J connectivity index is 2.47. The molecule has 0 aliphatic carbocycles. The van der Waals surface area contributed by atoms with Crippen molar-refractivity contribution in [1.29, 1.82) is 0 Å². The number of nitrogens with zero attached hydrogens (tertiary/aromatic N) is 1. The molecule has 9 heteroatoms. The Kier molecular flexibility index (Phi) is 4.26. The van der Waals surface area contributed by atoms with Gasteiger partial charge in [0.05, 0.1) is 5.69 Å². The molecule has 0 saturated carbocycles. The summed E-state index contributed by atoms with van der Waals surface area (Å²) in [5, 5.41) is -0.251. The fraction of sp³-hybridized carbons (Fsp3) is 0. The third-order valence-corrected chi connectivity index (χ3v) is 4.68. The number of aromatic nitrogens is 1. The van der Waals surface area contributed by atoms with Crippen molar-refractivity contribution in [2.75, 3.05) is 4.72 Å².